The van der Waals surface area contributed by atoms with Crippen LogP contribution in [0.25, 0.3) is 0 Å². The third-order valence-electron chi connectivity index (χ3n) is 1.17. The minimum Gasteiger partial charge on any atom is -0.214 e. The van der Waals surface area contributed by atoms with Gasteiger partial charge in [0.2, 0.25) is 0 Å². The minimum absolute atomic E-state index is 1.34. The summed E-state index contributed by atoms with van der Waals surface area (Å²) in [6.07, 6.45) is 0. The SMILES string of the molecule is Cc1cccc(C)c1.[Cl][Al]([Cl])[Cl]. The van der Waals surface area contributed by atoms with Gasteiger partial charge in [-0.2, -0.15) is 0 Å². The first kappa shape index (κ1) is 12.6. The Bertz CT molecular complexity index is 205. The Hall–Kier alpha value is 0.622. The molecule has 0 saturated heterocycles. The number of halogens is 3. The highest BCUT2D eigenvalue weighted by Crippen LogP contribution is 2.00. The standard InChI is InChI=1S/C8H10.Al.3ClH/c1-7-4-3-5-8(2)6-7;;;;/h3-6H,1-2H3;;3*1H/q;+3;;;/p-3. The molecule has 66 valence electrons. The van der Waals surface area contributed by atoms with E-state index in [4.69, 9.17) is 30.1 Å². The predicted octanol–water partition coefficient (Wildman–Crippen LogP) is 3.99. The van der Waals surface area contributed by atoms with E-state index in [1.54, 1.807) is 0 Å². The van der Waals surface area contributed by atoms with E-state index in [9.17, 15) is 0 Å². The molecule has 0 aliphatic carbocycles. The van der Waals surface area contributed by atoms with Crippen molar-refractivity contribution in [1.82, 2.24) is 0 Å². The van der Waals surface area contributed by atoms with Crippen LogP contribution in [0.3, 0.4) is 0 Å². The molecule has 0 aliphatic heterocycles. The molecule has 0 unspecified atom stereocenters. The quantitative estimate of drug-likeness (QED) is 0.601. The topological polar surface area (TPSA) is 0 Å². The zero-order valence-corrected chi connectivity index (χ0v) is 10.4. The van der Waals surface area contributed by atoms with Crippen LogP contribution in [0.5, 0.6) is 0 Å². The molecule has 0 N–H and O–H groups in total. The molecule has 0 radical (unpaired) electrons. The van der Waals surface area contributed by atoms with Crippen LogP contribution in [0.2, 0.25) is 0 Å². The van der Waals surface area contributed by atoms with E-state index < -0.39 is 11.4 Å². The van der Waals surface area contributed by atoms with Gasteiger partial charge in [0.15, 0.2) is 0 Å². The molecular weight excluding hydrogens is 229 g/mol. The van der Waals surface area contributed by atoms with E-state index in [0.717, 1.165) is 0 Å². The molecule has 1 aromatic carbocycles. The van der Waals surface area contributed by atoms with Crippen molar-refractivity contribution in [3.05, 3.63) is 35.4 Å². The molecular formula is C8H10AlCl3. The molecule has 0 spiro atoms. The number of benzene rings is 1. The van der Waals surface area contributed by atoms with Crippen LogP contribution in [0.15, 0.2) is 24.3 Å². The maximum absolute atomic E-state index is 4.94. The first-order valence-corrected chi connectivity index (χ1v) is 8.71. The second-order valence-electron chi connectivity index (χ2n) is 2.41. The monoisotopic (exact) mass is 238 g/mol. The fourth-order valence-electron chi connectivity index (χ4n) is 0.807. The maximum Gasteiger partial charge on any atom is 0.643 e. The predicted molar refractivity (Wildman–Crippen MR) is 59.2 cm³/mol. The Kier molecular flexibility index (Phi) is 7.43. The third-order valence-corrected chi connectivity index (χ3v) is 1.17. The molecule has 0 fully saturated rings. The summed E-state index contributed by atoms with van der Waals surface area (Å²) in [4.78, 5) is 0. The van der Waals surface area contributed by atoms with Crippen LogP contribution >= 0.6 is 30.1 Å². The fraction of sp³-hybridized carbons (Fsp3) is 0.250. The van der Waals surface area contributed by atoms with Gasteiger partial charge in [0.25, 0.3) is 0 Å². The van der Waals surface area contributed by atoms with Crippen LogP contribution in [-0.4, -0.2) is 11.4 Å². The van der Waals surface area contributed by atoms with Gasteiger partial charge in [0.1, 0.15) is 0 Å². The van der Waals surface area contributed by atoms with E-state index in [-0.39, 0.29) is 0 Å². The summed E-state index contributed by atoms with van der Waals surface area (Å²) in [5.41, 5.74) is 2.68. The van der Waals surface area contributed by atoms with Crippen LogP contribution in [0.1, 0.15) is 11.1 Å². The van der Waals surface area contributed by atoms with Crippen molar-refractivity contribution < 1.29 is 0 Å². The van der Waals surface area contributed by atoms with Gasteiger partial charge in [-0.05, 0) is 13.8 Å². The largest absolute Gasteiger partial charge is 0.643 e. The van der Waals surface area contributed by atoms with Gasteiger partial charge in [0, 0.05) is 0 Å². The zero-order chi connectivity index (χ0) is 9.56. The third kappa shape index (κ3) is 8.72. The first-order valence-electron chi connectivity index (χ1n) is 3.48. The maximum atomic E-state index is 4.94. The highest BCUT2D eigenvalue weighted by molar-refractivity contribution is 7.54. The summed E-state index contributed by atoms with van der Waals surface area (Å²) < 4.78 is 0. The number of hydrogen-bond donors (Lipinski definition) is 0. The lowest BCUT2D eigenvalue weighted by molar-refractivity contribution is 1.39. The molecule has 12 heavy (non-hydrogen) atoms. The Morgan fingerprint density at radius 3 is 1.50 bits per heavy atom. The molecule has 0 heterocycles. The average molecular weight is 240 g/mol. The normalized spacial score (nSPS) is 8.42. The van der Waals surface area contributed by atoms with Crippen molar-refractivity contribution in [1.29, 1.82) is 0 Å². The summed E-state index contributed by atoms with van der Waals surface area (Å²) in [6.45, 7) is 4.21. The Morgan fingerprint density at radius 1 is 1.00 bits per heavy atom. The second kappa shape index (κ2) is 7.07. The van der Waals surface area contributed by atoms with Gasteiger partial charge < -0.3 is 0 Å². The van der Waals surface area contributed by atoms with Crippen molar-refractivity contribution in [2.45, 2.75) is 13.8 Å². The van der Waals surface area contributed by atoms with E-state index in [0.29, 0.717) is 0 Å². The van der Waals surface area contributed by atoms with E-state index in [2.05, 4.69) is 38.1 Å². The number of aryl methyl sites for hydroxylation is 2. The molecule has 0 aromatic heterocycles. The Balaban J connectivity index is 0.000000261. The molecule has 0 bridgehead atoms. The smallest absolute Gasteiger partial charge is 0.214 e. The Labute approximate surface area is 90.4 Å². The summed E-state index contributed by atoms with van der Waals surface area (Å²) in [5, 5.41) is 0. The fourth-order valence-corrected chi connectivity index (χ4v) is 0.807. The second-order valence-corrected chi connectivity index (χ2v) is 8.84. The van der Waals surface area contributed by atoms with Gasteiger partial charge in [-0.25, -0.2) is 30.1 Å². The first-order chi connectivity index (χ1) is 5.52. The molecule has 0 saturated carbocycles. The lowest BCUT2D eigenvalue weighted by Crippen LogP contribution is -1.71. The van der Waals surface area contributed by atoms with Crippen molar-refractivity contribution in [2.75, 3.05) is 0 Å². The van der Waals surface area contributed by atoms with Crippen LogP contribution in [-0.2, 0) is 0 Å². The van der Waals surface area contributed by atoms with Crippen molar-refractivity contribution in [3.8, 4) is 0 Å². The van der Waals surface area contributed by atoms with Gasteiger partial charge in [0.05, 0.1) is 0 Å². The van der Waals surface area contributed by atoms with Crippen LogP contribution < -0.4 is 0 Å². The van der Waals surface area contributed by atoms with Crippen LogP contribution in [0, 0.1) is 13.8 Å². The molecule has 0 amide bonds. The van der Waals surface area contributed by atoms with E-state index >= 15 is 0 Å². The molecule has 0 aliphatic rings. The molecule has 0 nitrogen and oxygen atoms in total. The summed E-state index contributed by atoms with van der Waals surface area (Å²) in [6, 6.07) is 8.45. The van der Waals surface area contributed by atoms with Gasteiger partial charge in [-0.3, -0.25) is 0 Å². The minimum atomic E-state index is -1.72. The summed E-state index contributed by atoms with van der Waals surface area (Å²) in [7, 11) is 14.8. The van der Waals surface area contributed by atoms with Crippen molar-refractivity contribution in [2.24, 2.45) is 0 Å². The highest BCUT2D eigenvalue weighted by Gasteiger charge is 2.00. The Morgan fingerprint density at radius 2 is 1.33 bits per heavy atom. The van der Waals surface area contributed by atoms with Crippen LogP contribution in [0.4, 0.5) is 0 Å². The number of hydrogen-bond acceptors (Lipinski definition) is 0. The highest BCUT2D eigenvalue weighted by atomic mass is 35.8. The average Bonchev–Trinajstić information content (AvgIpc) is 1.84. The summed E-state index contributed by atoms with van der Waals surface area (Å²) >= 11 is -1.72. The lowest BCUT2D eigenvalue weighted by Gasteiger charge is -1.90. The van der Waals surface area contributed by atoms with E-state index in [1.165, 1.54) is 11.1 Å². The molecule has 0 atom stereocenters. The van der Waals surface area contributed by atoms with E-state index in [1.807, 2.05) is 0 Å². The molecule has 4 heteroatoms. The van der Waals surface area contributed by atoms with Gasteiger partial charge >= 0.3 is 11.4 Å². The van der Waals surface area contributed by atoms with Gasteiger partial charge in [-0.15, -0.1) is 0 Å². The van der Waals surface area contributed by atoms with Gasteiger partial charge in [-0.1, -0.05) is 35.4 Å². The lowest BCUT2D eigenvalue weighted by atomic mass is 10.2. The van der Waals surface area contributed by atoms with Crippen molar-refractivity contribution >= 4 is 41.5 Å². The summed E-state index contributed by atoms with van der Waals surface area (Å²) in [5.74, 6) is 0. The molecule has 1 rings (SSSR count). The molecule has 1 aromatic rings. The van der Waals surface area contributed by atoms with Crippen molar-refractivity contribution in [3.63, 3.8) is 0 Å². The number of rotatable bonds is 0. The zero-order valence-electron chi connectivity index (χ0n) is 7.02.